The van der Waals surface area contributed by atoms with Gasteiger partial charge in [-0.05, 0) is 54.8 Å². The average Bonchev–Trinajstić information content (AvgIpc) is 2.88. The number of nitrogens with zero attached hydrogens (tertiary/aromatic N) is 3. The zero-order valence-electron chi connectivity index (χ0n) is 20.4. The van der Waals surface area contributed by atoms with Gasteiger partial charge in [-0.1, -0.05) is 71.7 Å². The topological polar surface area (TPSA) is 65.7 Å². The van der Waals surface area contributed by atoms with E-state index >= 15 is 0 Å². The van der Waals surface area contributed by atoms with Gasteiger partial charge >= 0.3 is 0 Å². The Morgan fingerprint density at radius 2 is 1.89 bits per heavy atom. The molecule has 0 amide bonds. The van der Waals surface area contributed by atoms with E-state index in [1.807, 2.05) is 56.3 Å². The largest absolute Gasteiger partial charge is 0.490 e. The minimum absolute atomic E-state index is 0.0410. The number of aromatic nitrogens is 2. The number of rotatable bonds is 9. The molecule has 0 aliphatic heterocycles. The van der Waals surface area contributed by atoms with Gasteiger partial charge in [0.15, 0.2) is 11.5 Å². The Labute approximate surface area is 223 Å². The fourth-order valence-electron chi connectivity index (χ4n) is 3.70. The van der Waals surface area contributed by atoms with Gasteiger partial charge in [0, 0.05) is 10.4 Å². The summed E-state index contributed by atoms with van der Waals surface area (Å²) in [5, 5.41) is 5.43. The van der Waals surface area contributed by atoms with Crippen LogP contribution < -0.4 is 15.0 Å². The van der Waals surface area contributed by atoms with E-state index in [0.29, 0.717) is 52.0 Å². The fraction of sp³-hybridized carbons (Fsp3) is 0.250. The maximum absolute atomic E-state index is 13.4. The lowest BCUT2D eigenvalue weighted by Crippen LogP contribution is -2.23. The Balaban J connectivity index is 1.72. The van der Waals surface area contributed by atoms with Crippen LogP contribution in [0.1, 0.15) is 50.1 Å². The first-order valence-electron chi connectivity index (χ1n) is 11.8. The summed E-state index contributed by atoms with van der Waals surface area (Å²) < 4.78 is 14.0. The fourth-order valence-corrected chi connectivity index (χ4v) is 4.33. The first-order valence-corrected chi connectivity index (χ1v) is 13.0. The molecule has 0 unspecified atom stereocenters. The van der Waals surface area contributed by atoms with Gasteiger partial charge in [0.05, 0.1) is 28.7 Å². The lowest BCUT2D eigenvalue weighted by atomic mass is 10.1. The maximum atomic E-state index is 13.4. The van der Waals surface area contributed by atoms with Gasteiger partial charge in [0.1, 0.15) is 12.4 Å². The van der Waals surface area contributed by atoms with Crippen molar-refractivity contribution in [2.45, 2.75) is 39.7 Å². The molecule has 0 radical (unpaired) electrons. The molecule has 0 bridgehead atoms. The SMILES string of the molecule is CCOc1cc(C=Nn2c([C@H](C)CC)nc3ccc(Br)cc3c2=O)cc(Cl)c1OCc1ccccc1. The molecule has 36 heavy (non-hydrogen) atoms. The first-order chi connectivity index (χ1) is 17.4. The van der Waals surface area contributed by atoms with Crippen molar-refractivity contribution in [2.24, 2.45) is 5.10 Å². The van der Waals surface area contributed by atoms with Gasteiger partial charge in [0.25, 0.3) is 5.56 Å². The molecule has 0 saturated carbocycles. The summed E-state index contributed by atoms with van der Waals surface area (Å²) in [5.74, 6) is 1.62. The zero-order valence-corrected chi connectivity index (χ0v) is 22.7. The average molecular weight is 569 g/mol. The lowest BCUT2D eigenvalue weighted by molar-refractivity contribution is 0.269. The smallest absolute Gasteiger partial charge is 0.282 e. The molecule has 186 valence electrons. The van der Waals surface area contributed by atoms with Crippen molar-refractivity contribution in [2.75, 3.05) is 6.61 Å². The van der Waals surface area contributed by atoms with E-state index in [-0.39, 0.29) is 11.5 Å². The van der Waals surface area contributed by atoms with E-state index in [0.717, 1.165) is 16.5 Å². The highest BCUT2D eigenvalue weighted by Crippen LogP contribution is 2.37. The first kappa shape index (κ1) is 25.9. The van der Waals surface area contributed by atoms with E-state index < -0.39 is 0 Å². The van der Waals surface area contributed by atoms with Gasteiger partial charge in [-0.3, -0.25) is 4.79 Å². The Hall–Kier alpha value is -3.16. The predicted molar refractivity (Wildman–Crippen MR) is 149 cm³/mol. The molecule has 4 aromatic rings. The van der Waals surface area contributed by atoms with Gasteiger partial charge < -0.3 is 9.47 Å². The summed E-state index contributed by atoms with van der Waals surface area (Å²) >= 11 is 10.0. The van der Waals surface area contributed by atoms with Crippen LogP contribution in [0.15, 0.2) is 75.0 Å². The summed E-state index contributed by atoms with van der Waals surface area (Å²) in [6.45, 7) is 6.78. The molecular weight excluding hydrogens is 542 g/mol. The molecule has 0 saturated heterocycles. The molecule has 0 fully saturated rings. The van der Waals surface area contributed by atoms with Crippen LogP contribution in [0, 0.1) is 0 Å². The Bertz CT molecular complexity index is 1450. The van der Waals surface area contributed by atoms with Crippen LogP contribution in [0.4, 0.5) is 0 Å². The predicted octanol–water partition coefficient (Wildman–Crippen LogP) is 7.19. The molecule has 1 aromatic heterocycles. The van der Waals surface area contributed by atoms with Crippen LogP contribution >= 0.6 is 27.5 Å². The van der Waals surface area contributed by atoms with E-state index in [2.05, 4.69) is 28.0 Å². The molecule has 0 N–H and O–H groups in total. The molecule has 6 nitrogen and oxygen atoms in total. The molecule has 0 aliphatic carbocycles. The van der Waals surface area contributed by atoms with Crippen LogP contribution in [0.2, 0.25) is 5.02 Å². The van der Waals surface area contributed by atoms with Crippen molar-refractivity contribution >= 4 is 44.6 Å². The van der Waals surface area contributed by atoms with Crippen LogP contribution in [-0.2, 0) is 6.61 Å². The molecule has 0 aliphatic rings. The third-order valence-corrected chi connectivity index (χ3v) is 6.54. The monoisotopic (exact) mass is 567 g/mol. The van der Waals surface area contributed by atoms with Crippen molar-refractivity contribution in [3.05, 3.63) is 97.5 Å². The van der Waals surface area contributed by atoms with Gasteiger partial charge in [-0.25, -0.2) is 4.98 Å². The lowest BCUT2D eigenvalue weighted by Gasteiger charge is -2.15. The van der Waals surface area contributed by atoms with Crippen molar-refractivity contribution in [3.63, 3.8) is 0 Å². The molecule has 4 rings (SSSR count). The van der Waals surface area contributed by atoms with Crippen LogP contribution in [0.25, 0.3) is 10.9 Å². The standard InChI is InChI=1S/C28H27BrClN3O3/c1-4-18(3)27-32-24-12-11-21(29)15-22(24)28(34)33(27)31-16-20-13-23(30)26(25(14-20)35-5-2)36-17-19-9-7-6-8-10-19/h6-16,18H,4-5,17H2,1-3H3/t18-/m1/s1. The summed E-state index contributed by atoms with van der Waals surface area (Å²) in [6, 6.07) is 18.9. The number of fused-ring (bicyclic) bond motifs is 1. The molecule has 3 aromatic carbocycles. The highest BCUT2D eigenvalue weighted by atomic mass is 79.9. The molecule has 1 atom stereocenters. The normalized spacial score (nSPS) is 12.2. The third-order valence-electron chi connectivity index (χ3n) is 5.77. The Morgan fingerprint density at radius 1 is 1.11 bits per heavy atom. The van der Waals surface area contributed by atoms with Crippen molar-refractivity contribution < 1.29 is 9.47 Å². The number of ether oxygens (including phenoxy) is 2. The Morgan fingerprint density at radius 3 is 2.61 bits per heavy atom. The third kappa shape index (κ3) is 5.79. The summed E-state index contributed by atoms with van der Waals surface area (Å²) in [6.07, 6.45) is 2.41. The molecule has 0 spiro atoms. The van der Waals surface area contributed by atoms with E-state index in [4.69, 9.17) is 26.1 Å². The quantitative estimate of drug-likeness (QED) is 0.201. The Kier molecular flexibility index (Phi) is 8.44. The van der Waals surface area contributed by atoms with E-state index in [1.54, 1.807) is 24.4 Å². The van der Waals surface area contributed by atoms with Gasteiger partial charge in [-0.15, -0.1) is 0 Å². The minimum atomic E-state index is -0.230. The number of halogens is 2. The summed E-state index contributed by atoms with van der Waals surface area (Å²) in [4.78, 5) is 18.1. The number of hydrogen-bond acceptors (Lipinski definition) is 5. The zero-order chi connectivity index (χ0) is 25.7. The number of hydrogen-bond donors (Lipinski definition) is 0. The van der Waals surface area contributed by atoms with Crippen molar-refractivity contribution in [1.82, 2.24) is 9.66 Å². The minimum Gasteiger partial charge on any atom is -0.490 e. The van der Waals surface area contributed by atoms with E-state index in [9.17, 15) is 4.79 Å². The van der Waals surface area contributed by atoms with Crippen molar-refractivity contribution in [1.29, 1.82) is 0 Å². The van der Waals surface area contributed by atoms with Crippen LogP contribution in [-0.4, -0.2) is 22.5 Å². The van der Waals surface area contributed by atoms with Gasteiger partial charge in [-0.2, -0.15) is 9.78 Å². The summed E-state index contributed by atoms with van der Waals surface area (Å²) in [5.41, 5.74) is 2.11. The highest BCUT2D eigenvalue weighted by Gasteiger charge is 2.16. The highest BCUT2D eigenvalue weighted by molar-refractivity contribution is 9.10. The van der Waals surface area contributed by atoms with Crippen molar-refractivity contribution in [3.8, 4) is 11.5 Å². The second kappa shape index (κ2) is 11.7. The van der Waals surface area contributed by atoms with Crippen LogP contribution in [0.5, 0.6) is 11.5 Å². The number of benzene rings is 3. The van der Waals surface area contributed by atoms with Gasteiger partial charge in [0.2, 0.25) is 0 Å². The maximum Gasteiger partial charge on any atom is 0.282 e. The second-order valence-electron chi connectivity index (χ2n) is 8.34. The summed E-state index contributed by atoms with van der Waals surface area (Å²) in [7, 11) is 0. The molecule has 8 heteroatoms. The van der Waals surface area contributed by atoms with Crippen LogP contribution in [0.3, 0.4) is 0 Å². The molecular formula is C28H27BrClN3O3. The molecule has 1 heterocycles. The van der Waals surface area contributed by atoms with E-state index in [1.165, 1.54) is 4.68 Å². The second-order valence-corrected chi connectivity index (χ2v) is 9.66.